The molecule has 0 rings (SSSR count). The zero-order valence-electron chi connectivity index (χ0n) is 40.8. The monoisotopic (exact) mass is 858 g/mol. The Morgan fingerprint density at radius 3 is 1.30 bits per heavy atom. The lowest BCUT2D eigenvalue weighted by molar-refractivity contribution is -0.151. The summed E-state index contributed by atoms with van der Waals surface area (Å²) in [6, 6.07) is -0.706. The smallest absolute Gasteiger partial charge is 0.306 e. The molecule has 3 atom stereocenters. The van der Waals surface area contributed by atoms with Crippen molar-refractivity contribution in [2.45, 2.75) is 296 Å². The van der Waals surface area contributed by atoms with Crippen molar-refractivity contribution < 1.29 is 24.5 Å². The number of unbranched alkanes of at least 4 members (excludes halogenated alkanes) is 30. The summed E-state index contributed by atoms with van der Waals surface area (Å²) < 4.78 is 5.93. The third kappa shape index (κ3) is 44.5. The fraction of sp³-hybridized carbons (Fsp3) is 0.855. The number of amides is 1. The molecule has 0 saturated heterocycles. The van der Waals surface area contributed by atoms with E-state index < -0.39 is 18.2 Å². The highest BCUT2D eigenvalue weighted by atomic mass is 16.5. The zero-order chi connectivity index (χ0) is 44.5. The Balaban J connectivity index is 4.61. The summed E-state index contributed by atoms with van der Waals surface area (Å²) in [6.45, 7) is 6.46. The number of esters is 1. The highest BCUT2D eigenvalue weighted by molar-refractivity contribution is 5.77. The van der Waals surface area contributed by atoms with Crippen LogP contribution >= 0.6 is 0 Å². The molecule has 61 heavy (non-hydrogen) atoms. The molecule has 0 heterocycles. The van der Waals surface area contributed by atoms with E-state index in [1.165, 1.54) is 148 Å². The molecule has 0 aromatic carbocycles. The van der Waals surface area contributed by atoms with Gasteiger partial charge in [0, 0.05) is 6.42 Å². The summed E-state index contributed by atoms with van der Waals surface area (Å²) in [4.78, 5) is 26.2. The molecule has 0 aromatic heterocycles. The highest BCUT2D eigenvalue weighted by Crippen LogP contribution is 2.18. The topological polar surface area (TPSA) is 95.9 Å². The molecule has 0 radical (unpaired) electrons. The first kappa shape index (κ1) is 59.1. The zero-order valence-corrected chi connectivity index (χ0v) is 40.8. The molecule has 0 aromatic rings. The summed E-state index contributed by atoms with van der Waals surface area (Å²) >= 11 is 0. The number of rotatable bonds is 48. The molecule has 6 heteroatoms. The van der Waals surface area contributed by atoms with Gasteiger partial charge < -0.3 is 20.3 Å². The number of nitrogens with one attached hydrogen (secondary N) is 1. The summed E-state index contributed by atoms with van der Waals surface area (Å²) in [5.41, 5.74) is 0. The van der Waals surface area contributed by atoms with Crippen LogP contribution < -0.4 is 5.32 Å². The van der Waals surface area contributed by atoms with Crippen LogP contribution in [-0.2, 0) is 14.3 Å². The van der Waals surface area contributed by atoms with Crippen molar-refractivity contribution in [2.75, 3.05) is 6.61 Å². The first-order chi connectivity index (χ1) is 30.0. The Morgan fingerprint density at radius 2 is 0.836 bits per heavy atom. The van der Waals surface area contributed by atoms with Crippen LogP contribution in [0.25, 0.3) is 0 Å². The fourth-order valence-electron chi connectivity index (χ4n) is 8.14. The van der Waals surface area contributed by atoms with Gasteiger partial charge in [-0.05, 0) is 64.2 Å². The van der Waals surface area contributed by atoms with Gasteiger partial charge in [0.1, 0.15) is 6.10 Å². The van der Waals surface area contributed by atoms with Crippen molar-refractivity contribution in [3.05, 3.63) is 36.5 Å². The molecule has 0 aliphatic rings. The van der Waals surface area contributed by atoms with Gasteiger partial charge >= 0.3 is 5.97 Å². The number of aliphatic hydroxyl groups is 2. The van der Waals surface area contributed by atoms with Crippen molar-refractivity contribution in [3.63, 3.8) is 0 Å². The molecule has 6 nitrogen and oxygen atoms in total. The Morgan fingerprint density at radius 1 is 0.475 bits per heavy atom. The summed E-state index contributed by atoms with van der Waals surface area (Å²) in [5, 5.41) is 23.8. The lowest BCUT2D eigenvalue weighted by Gasteiger charge is -2.24. The molecule has 358 valence electrons. The SMILES string of the molecule is CCCCC/C=C\C/C=C\C/C=C\CCCCCCC(CC(=O)NC(CO)C(O)CCCCCCCCCCCCCC)OC(=O)CCCCCCCCCCCCCCC. The largest absolute Gasteiger partial charge is 0.462 e. The van der Waals surface area contributed by atoms with Crippen LogP contribution in [0, 0.1) is 0 Å². The normalized spacial score (nSPS) is 13.5. The Hall–Kier alpha value is -1.92. The van der Waals surface area contributed by atoms with Crippen LogP contribution in [-0.4, -0.2) is 46.9 Å². The Labute approximate surface area is 379 Å². The predicted molar refractivity (Wildman–Crippen MR) is 264 cm³/mol. The van der Waals surface area contributed by atoms with Gasteiger partial charge in [-0.2, -0.15) is 0 Å². The fourth-order valence-corrected chi connectivity index (χ4v) is 8.14. The van der Waals surface area contributed by atoms with E-state index in [0.717, 1.165) is 83.5 Å². The van der Waals surface area contributed by atoms with Crippen LogP contribution in [0.15, 0.2) is 36.5 Å². The van der Waals surface area contributed by atoms with Gasteiger partial charge in [0.2, 0.25) is 5.91 Å². The second-order valence-electron chi connectivity index (χ2n) is 18.3. The molecular formula is C55H103NO5. The van der Waals surface area contributed by atoms with E-state index in [2.05, 4.69) is 62.5 Å². The third-order valence-electron chi connectivity index (χ3n) is 12.2. The van der Waals surface area contributed by atoms with Gasteiger partial charge in [0.05, 0.1) is 25.2 Å². The molecule has 0 aliphatic heterocycles. The third-order valence-corrected chi connectivity index (χ3v) is 12.2. The van der Waals surface area contributed by atoms with Crippen LogP contribution in [0.5, 0.6) is 0 Å². The van der Waals surface area contributed by atoms with Crippen LogP contribution in [0.3, 0.4) is 0 Å². The number of hydrogen-bond donors (Lipinski definition) is 3. The molecule has 0 bridgehead atoms. The first-order valence-corrected chi connectivity index (χ1v) is 26.7. The Kier molecular flexibility index (Phi) is 47.6. The number of hydrogen-bond acceptors (Lipinski definition) is 5. The van der Waals surface area contributed by atoms with Crippen molar-refractivity contribution in [1.29, 1.82) is 0 Å². The standard InChI is InChI=1S/C55H103NO5/c1-4-7-10-13-16-19-22-25-26-27-28-30-31-34-37-40-43-46-51(61-55(60)48-45-42-39-36-33-29-23-20-17-14-11-8-5-2)49-54(59)56-52(50-57)53(58)47-44-41-38-35-32-24-21-18-15-12-9-6-3/h16,19,25-26,28,30,51-53,57-58H,4-15,17-18,20-24,27,29,31-50H2,1-3H3,(H,56,59)/b19-16-,26-25-,30-28-. The van der Waals surface area contributed by atoms with Crippen molar-refractivity contribution in [1.82, 2.24) is 5.32 Å². The van der Waals surface area contributed by atoms with Gasteiger partial charge in [-0.15, -0.1) is 0 Å². The maximum atomic E-state index is 13.2. The average Bonchev–Trinajstić information content (AvgIpc) is 3.25. The molecule has 3 unspecified atom stereocenters. The van der Waals surface area contributed by atoms with E-state index in [1.54, 1.807) is 0 Å². The van der Waals surface area contributed by atoms with Crippen molar-refractivity contribution >= 4 is 11.9 Å². The molecular weight excluding hydrogens is 755 g/mol. The van der Waals surface area contributed by atoms with Crippen molar-refractivity contribution in [3.8, 4) is 0 Å². The molecule has 0 aliphatic carbocycles. The number of ether oxygens (including phenoxy) is 1. The minimum atomic E-state index is -0.791. The van der Waals surface area contributed by atoms with E-state index in [-0.39, 0.29) is 24.9 Å². The second kappa shape index (κ2) is 49.1. The molecule has 0 spiro atoms. The molecule has 1 amide bonds. The van der Waals surface area contributed by atoms with E-state index in [4.69, 9.17) is 4.74 Å². The number of allylic oxidation sites excluding steroid dienone is 6. The van der Waals surface area contributed by atoms with Gasteiger partial charge in [-0.1, -0.05) is 237 Å². The minimum absolute atomic E-state index is 0.0665. The molecule has 0 fully saturated rings. The lowest BCUT2D eigenvalue weighted by Crippen LogP contribution is -2.46. The molecule has 3 N–H and O–H groups in total. The Bertz CT molecular complexity index is 1010. The van der Waals surface area contributed by atoms with E-state index in [9.17, 15) is 19.8 Å². The highest BCUT2D eigenvalue weighted by Gasteiger charge is 2.24. The van der Waals surface area contributed by atoms with Gasteiger partial charge in [0.15, 0.2) is 0 Å². The van der Waals surface area contributed by atoms with E-state index in [0.29, 0.717) is 19.3 Å². The van der Waals surface area contributed by atoms with Crippen LogP contribution in [0.4, 0.5) is 0 Å². The second-order valence-corrected chi connectivity index (χ2v) is 18.3. The van der Waals surface area contributed by atoms with E-state index >= 15 is 0 Å². The maximum absolute atomic E-state index is 13.2. The summed E-state index contributed by atoms with van der Waals surface area (Å²) in [7, 11) is 0. The summed E-state index contributed by atoms with van der Waals surface area (Å²) in [5.74, 6) is -0.484. The van der Waals surface area contributed by atoms with Crippen LogP contribution in [0.1, 0.15) is 278 Å². The number of carbonyl (C=O) groups excluding carboxylic acids is 2. The minimum Gasteiger partial charge on any atom is -0.462 e. The first-order valence-electron chi connectivity index (χ1n) is 26.7. The summed E-state index contributed by atoms with van der Waals surface area (Å²) in [6.07, 6.45) is 57.7. The average molecular weight is 858 g/mol. The number of aliphatic hydroxyl groups excluding tert-OH is 2. The maximum Gasteiger partial charge on any atom is 0.306 e. The lowest BCUT2D eigenvalue weighted by atomic mass is 10.0. The predicted octanol–water partition coefficient (Wildman–Crippen LogP) is 16.1. The van der Waals surface area contributed by atoms with Gasteiger partial charge in [0.25, 0.3) is 0 Å². The molecule has 0 saturated carbocycles. The van der Waals surface area contributed by atoms with Crippen molar-refractivity contribution in [2.24, 2.45) is 0 Å². The number of carbonyl (C=O) groups is 2. The van der Waals surface area contributed by atoms with E-state index in [1.807, 2.05) is 0 Å². The van der Waals surface area contributed by atoms with Gasteiger partial charge in [-0.3, -0.25) is 9.59 Å². The quantitative estimate of drug-likeness (QED) is 0.0322. The van der Waals surface area contributed by atoms with Crippen LogP contribution in [0.2, 0.25) is 0 Å². The van der Waals surface area contributed by atoms with Gasteiger partial charge in [-0.25, -0.2) is 0 Å².